The first-order valence-corrected chi connectivity index (χ1v) is 11.9. The Morgan fingerprint density at radius 3 is 2.50 bits per heavy atom. The van der Waals surface area contributed by atoms with E-state index in [1.54, 1.807) is 6.92 Å². The lowest BCUT2D eigenvalue weighted by molar-refractivity contribution is -0.119. The van der Waals surface area contributed by atoms with Gasteiger partial charge in [0.1, 0.15) is 12.4 Å². The third kappa shape index (κ3) is 6.62. The van der Waals surface area contributed by atoms with Gasteiger partial charge in [0.15, 0.2) is 5.82 Å². The lowest BCUT2D eigenvalue weighted by Crippen LogP contribution is -2.47. The minimum atomic E-state index is -0.573. The zero-order valence-electron chi connectivity index (χ0n) is 18.8. The van der Waals surface area contributed by atoms with Gasteiger partial charge in [-0.3, -0.25) is 10.1 Å². The van der Waals surface area contributed by atoms with Crippen LogP contribution < -0.4 is 21.2 Å². The highest BCUT2D eigenvalue weighted by Gasteiger charge is 2.23. The van der Waals surface area contributed by atoms with Gasteiger partial charge in [-0.1, -0.05) is 57.0 Å². The van der Waals surface area contributed by atoms with Crippen molar-refractivity contribution >= 4 is 23.7 Å². The molecule has 32 heavy (non-hydrogen) atoms. The number of benzene rings is 1. The van der Waals surface area contributed by atoms with Gasteiger partial charge in [0, 0.05) is 6.04 Å². The standard InChI is InChI=1S/C22H32N6O3S/c1-14(2)16-9-11-18(12-10-16)31-13-19-26-27-22(28(19)23)32-15(3)20(29)25-21(30)24-17-7-5-4-6-8-17/h9-12,14-15,17H,4-8,13,23H2,1-3H3,(H2,24,25,29,30)/t15-/m1/s1. The van der Waals surface area contributed by atoms with E-state index >= 15 is 0 Å². The Balaban J connectivity index is 1.48. The van der Waals surface area contributed by atoms with Crippen LogP contribution in [0.1, 0.15) is 70.2 Å². The van der Waals surface area contributed by atoms with Crippen LogP contribution in [0.5, 0.6) is 5.75 Å². The van der Waals surface area contributed by atoms with Crippen LogP contribution in [-0.2, 0) is 11.4 Å². The van der Waals surface area contributed by atoms with Crippen LogP contribution in [0.3, 0.4) is 0 Å². The molecule has 0 bridgehead atoms. The maximum Gasteiger partial charge on any atom is 0.321 e. The SMILES string of the molecule is CC(C)c1ccc(OCc2nnc(S[C@H](C)C(=O)NC(=O)NC3CCCCC3)n2N)cc1. The Kier molecular flexibility index (Phi) is 8.38. The summed E-state index contributed by atoms with van der Waals surface area (Å²) < 4.78 is 7.06. The fourth-order valence-corrected chi connectivity index (χ4v) is 4.27. The van der Waals surface area contributed by atoms with E-state index < -0.39 is 17.2 Å². The number of carbonyl (C=O) groups excluding carboxylic acids is 2. The van der Waals surface area contributed by atoms with Crippen LogP contribution in [0, 0.1) is 0 Å². The molecule has 0 unspecified atom stereocenters. The summed E-state index contributed by atoms with van der Waals surface area (Å²) in [7, 11) is 0. The zero-order valence-corrected chi connectivity index (χ0v) is 19.7. The molecular weight excluding hydrogens is 428 g/mol. The van der Waals surface area contributed by atoms with Crippen molar-refractivity contribution in [3.05, 3.63) is 35.7 Å². The zero-order chi connectivity index (χ0) is 23.1. The minimum absolute atomic E-state index is 0.135. The molecular formula is C22H32N6O3S. The van der Waals surface area contributed by atoms with Gasteiger partial charge in [0.05, 0.1) is 5.25 Å². The summed E-state index contributed by atoms with van der Waals surface area (Å²) >= 11 is 1.13. The topological polar surface area (TPSA) is 124 Å². The van der Waals surface area contributed by atoms with Gasteiger partial charge in [-0.25, -0.2) is 9.47 Å². The summed E-state index contributed by atoms with van der Waals surface area (Å²) in [5.41, 5.74) is 1.23. The summed E-state index contributed by atoms with van der Waals surface area (Å²) in [5, 5.41) is 13.2. The van der Waals surface area contributed by atoms with Crippen molar-refractivity contribution in [1.29, 1.82) is 0 Å². The maximum atomic E-state index is 12.4. The number of nitrogens with one attached hydrogen (secondary N) is 2. The van der Waals surface area contributed by atoms with Crippen LogP contribution >= 0.6 is 11.8 Å². The fourth-order valence-electron chi connectivity index (χ4n) is 3.48. The number of aromatic nitrogens is 3. The Hall–Kier alpha value is -2.75. The summed E-state index contributed by atoms with van der Waals surface area (Å²) in [6.45, 7) is 6.11. The summed E-state index contributed by atoms with van der Waals surface area (Å²) in [6.07, 6.45) is 5.31. The van der Waals surface area contributed by atoms with Crippen LogP contribution in [0.4, 0.5) is 4.79 Å². The summed E-state index contributed by atoms with van der Waals surface area (Å²) in [5.74, 6) is 7.27. The van der Waals surface area contributed by atoms with E-state index in [2.05, 4.69) is 34.7 Å². The Labute approximate surface area is 192 Å². The molecule has 174 valence electrons. The number of nitrogens with two attached hydrogens (primary N) is 1. The number of rotatable bonds is 8. The minimum Gasteiger partial charge on any atom is -0.486 e. The molecule has 1 saturated carbocycles. The molecule has 4 N–H and O–H groups in total. The van der Waals surface area contributed by atoms with E-state index in [1.807, 2.05) is 24.3 Å². The number of hydrogen-bond acceptors (Lipinski definition) is 7. The molecule has 3 rings (SSSR count). The van der Waals surface area contributed by atoms with Crippen molar-refractivity contribution in [2.24, 2.45) is 0 Å². The number of imide groups is 1. The number of urea groups is 1. The lowest BCUT2D eigenvalue weighted by Gasteiger charge is -2.22. The van der Waals surface area contributed by atoms with Crippen molar-refractivity contribution < 1.29 is 14.3 Å². The van der Waals surface area contributed by atoms with Gasteiger partial charge in [-0.05, 0) is 43.4 Å². The molecule has 1 aliphatic rings. The second kappa shape index (κ2) is 11.2. The van der Waals surface area contributed by atoms with Gasteiger partial charge < -0.3 is 15.9 Å². The number of nitrogens with zero attached hydrogens (tertiary/aromatic N) is 3. The van der Waals surface area contributed by atoms with E-state index in [0.717, 1.165) is 37.4 Å². The molecule has 1 heterocycles. The first-order chi connectivity index (χ1) is 15.3. The molecule has 2 aromatic rings. The average Bonchev–Trinajstić information content (AvgIpc) is 3.12. The van der Waals surface area contributed by atoms with Crippen LogP contribution in [-0.4, -0.2) is 38.1 Å². The van der Waals surface area contributed by atoms with E-state index in [-0.39, 0.29) is 12.6 Å². The van der Waals surface area contributed by atoms with Crippen molar-refractivity contribution in [3.63, 3.8) is 0 Å². The molecule has 3 amide bonds. The predicted molar refractivity (Wildman–Crippen MR) is 124 cm³/mol. The van der Waals surface area contributed by atoms with Crippen molar-refractivity contribution in [2.75, 3.05) is 5.84 Å². The Morgan fingerprint density at radius 1 is 1.16 bits per heavy atom. The predicted octanol–water partition coefficient (Wildman–Crippen LogP) is 3.33. The number of ether oxygens (including phenoxy) is 1. The molecule has 1 aliphatic carbocycles. The molecule has 1 fully saturated rings. The molecule has 10 heteroatoms. The second-order valence-electron chi connectivity index (χ2n) is 8.34. The quantitative estimate of drug-likeness (QED) is 0.408. The van der Waals surface area contributed by atoms with Gasteiger partial charge in [0.2, 0.25) is 11.1 Å². The monoisotopic (exact) mass is 460 g/mol. The molecule has 0 radical (unpaired) electrons. The largest absolute Gasteiger partial charge is 0.486 e. The smallest absolute Gasteiger partial charge is 0.321 e. The molecule has 0 aliphatic heterocycles. The van der Waals surface area contributed by atoms with Gasteiger partial charge >= 0.3 is 6.03 Å². The highest BCUT2D eigenvalue weighted by atomic mass is 32.2. The second-order valence-corrected chi connectivity index (χ2v) is 9.65. The third-order valence-corrected chi connectivity index (χ3v) is 6.54. The normalized spacial score (nSPS) is 15.4. The Bertz CT molecular complexity index is 909. The number of carbonyl (C=O) groups is 2. The average molecular weight is 461 g/mol. The van der Waals surface area contributed by atoms with Gasteiger partial charge in [-0.2, -0.15) is 0 Å². The van der Waals surface area contributed by atoms with Gasteiger partial charge in [-0.15, -0.1) is 10.2 Å². The van der Waals surface area contributed by atoms with E-state index in [9.17, 15) is 9.59 Å². The molecule has 9 nitrogen and oxygen atoms in total. The summed E-state index contributed by atoms with van der Waals surface area (Å²) in [6, 6.07) is 7.55. The van der Waals surface area contributed by atoms with Crippen molar-refractivity contribution in [3.8, 4) is 5.75 Å². The fraction of sp³-hybridized carbons (Fsp3) is 0.545. The first kappa shape index (κ1) is 23.9. The Morgan fingerprint density at radius 2 is 1.84 bits per heavy atom. The maximum absolute atomic E-state index is 12.4. The summed E-state index contributed by atoms with van der Waals surface area (Å²) in [4.78, 5) is 24.5. The van der Waals surface area contributed by atoms with Crippen LogP contribution in [0.2, 0.25) is 0 Å². The number of nitrogen functional groups attached to an aromatic ring is 1. The van der Waals surface area contributed by atoms with Crippen molar-refractivity contribution in [1.82, 2.24) is 25.5 Å². The molecule has 1 aromatic carbocycles. The van der Waals surface area contributed by atoms with Crippen LogP contribution in [0.25, 0.3) is 0 Å². The van der Waals surface area contributed by atoms with E-state index in [0.29, 0.717) is 22.6 Å². The van der Waals surface area contributed by atoms with E-state index in [4.69, 9.17) is 10.6 Å². The third-order valence-electron chi connectivity index (χ3n) is 5.48. The number of amides is 3. The first-order valence-electron chi connectivity index (χ1n) is 11.0. The van der Waals surface area contributed by atoms with E-state index in [1.165, 1.54) is 16.7 Å². The van der Waals surface area contributed by atoms with Crippen LogP contribution in [0.15, 0.2) is 29.4 Å². The lowest BCUT2D eigenvalue weighted by atomic mass is 9.96. The van der Waals surface area contributed by atoms with Crippen molar-refractivity contribution in [2.45, 2.75) is 81.8 Å². The molecule has 1 atom stereocenters. The van der Waals surface area contributed by atoms with Gasteiger partial charge in [0.25, 0.3) is 0 Å². The number of hydrogen-bond donors (Lipinski definition) is 3. The highest BCUT2D eigenvalue weighted by Crippen LogP contribution is 2.22. The highest BCUT2D eigenvalue weighted by molar-refractivity contribution is 8.00. The molecule has 1 aromatic heterocycles. The number of thioether (sulfide) groups is 1. The molecule has 0 spiro atoms. The molecule has 0 saturated heterocycles.